The highest BCUT2D eigenvalue weighted by atomic mass is 16.5. The second-order valence-corrected chi connectivity index (χ2v) is 4.04. The van der Waals surface area contributed by atoms with Gasteiger partial charge in [-0.15, -0.1) is 0 Å². The third-order valence-corrected chi connectivity index (χ3v) is 2.71. The molecule has 14 heavy (non-hydrogen) atoms. The zero-order valence-corrected chi connectivity index (χ0v) is 9.32. The smallest absolute Gasteiger partial charge is 0.222 e. The van der Waals surface area contributed by atoms with E-state index in [0.717, 1.165) is 26.2 Å². The summed E-state index contributed by atoms with van der Waals surface area (Å²) in [6.07, 6.45) is 1.51. The summed E-state index contributed by atoms with van der Waals surface area (Å²) in [7, 11) is 5.68. The van der Waals surface area contributed by atoms with Crippen molar-refractivity contribution in [2.45, 2.75) is 18.9 Å². The van der Waals surface area contributed by atoms with Crippen molar-refractivity contribution >= 4 is 5.91 Å². The van der Waals surface area contributed by atoms with Gasteiger partial charge in [0.05, 0.1) is 13.2 Å². The number of nitrogens with zero attached hydrogens (tertiary/aromatic N) is 2. The first-order chi connectivity index (χ1) is 6.61. The number of morpholine rings is 1. The molecule has 1 amide bonds. The van der Waals surface area contributed by atoms with E-state index in [1.807, 2.05) is 0 Å². The van der Waals surface area contributed by atoms with Gasteiger partial charge in [-0.2, -0.15) is 0 Å². The lowest BCUT2D eigenvalue weighted by Crippen LogP contribution is -2.43. The van der Waals surface area contributed by atoms with E-state index in [4.69, 9.17) is 4.74 Å². The molecule has 0 aliphatic carbocycles. The average Bonchev–Trinajstić information content (AvgIpc) is 2.16. The van der Waals surface area contributed by atoms with Crippen LogP contribution in [-0.4, -0.2) is 62.7 Å². The van der Waals surface area contributed by atoms with Crippen LogP contribution in [-0.2, 0) is 9.53 Å². The lowest BCUT2D eigenvalue weighted by atomic mass is 10.1. The fraction of sp³-hybridized carbons (Fsp3) is 0.900. The molecule has 82 valence electrons. The van der Waals surface area contributed by atoms with Crippen molar-refractivity contribution in [3.63, 3.8) is 0 Å². The van der Waals surface area contributed by atoms with Crippen LogP contribution in [0.5, 0.6) is 0 Å². The number of rotatable bonds is 3. The van der Waals surface area contributed by atoms with Crippen molar-refractivity contribution in [1.82, 2.24) is 9.80 Å². The standard InChI is InChI=1S/C10H20N2O2/c1-11(2)10(13)5-4-9-8-14-7-6-12(9)3/h9H,4-8H2,1-3H3. The number of hydrogen-bond donors (Lipinski definition) is 0. The lowest BCUT2D eigenvalue weighted by Gasteiger charge is -2.32. The summed E-state index contributed by atoms with van der Waals surface area (Å²) < 4.78 is 5.38. The van der Waals surface area contributed by atoms with Crippen LogP contribution < -0.4 is 0 Å². The van der Waals surface area contributed by atoms with E-state index in [1.165, 1.54) is 0 Å². The van der Waals surface area contributed by atoms with E-state index in [-0.39, 0.29) is 5.91 Å². The topological polar surface area (TPSA) is 32.8 Å². The fourth-order valence-corrected chi connectivity index (χ4v) is 1.56. The predicted molar refractivity (Wildman–Crippen MR) is 55.2 cm³/mol. The van der Waals surface area contributed by atoms with Crippen molar-refractivity contribution in [2.75, 3.05) is 40.9 Å². The summed E-state index contributed by atoms with van der Waals surface area (Å²) in [5.74, 6) is 0.198. The number of hydrogen-bond acceptors (Lipinski definition) is 3. The van der Waals surface area contributed by atoms with Crippen LogP contribution in [0.2, 0.25) is 0 Å². The Morgan fingerprint density at radius 2 is 2.29 bits per heavy atom. The van der Waals surface area contributed by atoms with Gasteiger partial charge in [-0.3, -0.25) is 9.69 Å². The number of carbonyl (C=O) groups is 1. The van der Waals surface area contributed by atoms with Gasteiger partial charge in [0.15, 0.2) is 0 Å². The lowest BCUT2D eigenvalue weighted by molar-refractivity contribution is -0.129. The Morgan fingerprint density at radius 1 is 1.57 bits per heavy atom. The van der Waals surface area contributed by atoms with Crippen molar-refractivity contribution in [1.29, 1.82) is 0 Å². The second-order valence-electron chi connectivity index (χ2n) is 4.04. The van der Waals surface area contributed by atoms with Crippen molar-refractivity contribution < 1.29 is 9.53 Å². The first-order valence-electron chi connectivity index (χ1n) is 5.09. The molecule has 0 radical (unpaired) electrons. The van der Waals surface area contributed by atoms with Crippen LogP contribution in [0.3, 0.4) is 0 Å². The van der Waals surface area contributed by atoms with Crippen LogP contribution >= 0.6 is 0 Å². The van der Waals surface area contributed by atoms with Crippen LogP contribution in [0.25, 0.3) is 0 Å². The molecular formula is C10H20N2O2. The van der Waals surface area contributed by atoms with Gasteiger partial charge in [-0.05, 0) is 13.5 Å². The SMILES string of the molecule is CN(C)C(=O)CCC1COCCN1C. The van der Waals surface area contributed by atoms with E-state index in [1.54, 1.807) is 19.0 Å². The molecule has 1 saturated heterocycles. The number of amides is 1. The number of carbonyl (C=O) groups excluding carboxylic acids is 1. The highest BCUT2D eigenvalue weighted by Gasteiger charge is 2.20. The molecule has 1 aliphatic heterocycles. The summed E-state index contributed by atoms with van der Waals surface area (Å²) in [6, 6.07) is 0.410. The molecular weight excluding hydrogens is 180 g/mol. The monoisotopic (exact) mass is 200 g/mol. The van der Waals surface area contributed by atoms with Crippen molar-refractivity contribution in [3.8, 4) is 0 Å². The van der Waals surface area contributed by atoms with Gasteiger partial charge in [-0.1, -0.05) is 0 Å². The molecule has 0 aromatic rings. The molecule has 1 fully saturated rings. The van der Waals surface area contributed by atoms with Gasteiger partial charge in [0.25, 0.3) is 0 Å². The van der Waals surface area contributed by atoms with E-state index >= 15 is 0 Å². The Hall–Kier alpha value is -0.610. The molecule has 0 spiro atoms. The fourth-order valence-electron chi connectivity index (χ4n) is 1.56. The van der Waals surface area contributed by atoms with E-state index < -0.39 is 0 Å². The van der Waals surface area contributed by atoms with E-state index in [9.17, 15) is 4.79 Å². The quantitative estimate of drug-likeness (QED) is 0.652. The Kier molecular flexibility index (Phi) is 4.35. The molecule has 0 bridgehead atoms. The summed E-state index contributed by atoms with van der Waals surface area (Å²) in [4.78, 5) is 15.3. The zero-order valence-electron chi connectivity index (χ0n) is 9.32. The molecule has 4 heteroatoms. The summed E-state index contributed by atoms with van der Waals surface area (Å²) in [6.45, 7) is 2.55. The average molecular weight is 200 g/mol. The molecule has 0 aromatic heterocycles. The van der Waals surface area contributed by atoms with Gasteiger partial charge in [0.1, 0.15) is 0 Å². The molecule has 0 saturated carbocycles. The first kappa shape index (κ1) is 11.5. The number of ether oxygens (including phenoxy) is 1. The van der Waals surface area contributed by atoms with Gasteiger partial charge in [0, 0.05) is 33.1 Å². The maximum absolute atomic E-state index is 11.4. The maximum Gasteiger partial charge on any atom is 0.222 e. The molecule has 0 N–H and O–H groups in total. The maximum atomic E-state index is 11.4. The van der Waals surface area contributed by atoms with Gasteiger partial charge in [0.2, 0.25) is 5.91 Å². The van der Waals surface area contributed by atoms with Crippen molar-refractivity contribution in [2.24, 2.45) is 0 Å². The molecule has 4 nitrogen and oxygen atoms in total. The van der Waals surface area contributed by atoms with E-state index in [0.29, 0.717) is 12.5 Å². The predicted octanol–water partition coefficient (Wildman–Crippen LogP) is 0.185. The third-order valence-electron chi connectivity index (χ3n) is 2.71. The molecule has 1 aliphatic rings. The minimum Gasteiger partial charge on any atom is -0.378 e. The van der Waals surface area contributed by atoms with Crippen molar-refractivity contribution in [3.05, 3.63) is 0 Å². The first-order valence-corrected chi connectivity index (χ1v) is 5.09. The van der Waals surface area contributed by atoms with E-state index in [2.05, 4.69) is 11.9 Å². The van der Waals surface area contributed by atoms with Crippen LogP contribution in [0.1, 0.15) is 12.8 Å². The highest BCUT2D eigenvalue weighted by Crippen LogP contribution is 2.10. The molecule has 1 rings (SSSR count). The summed E-state index contributed by atoms with van der Waals surface area (Å²) in [5, 5.41) is 0. The summed E-state index contributed by atoms with van der Waals surface area (Å²) >= 11 is 0. The van der Waals surface area contributed by atoms with Crippen LogP contribution in [0, 0.1) is 0 Å². The van der Waals surface area contributed by atoms with Gasteiger partial charge in [-0.25, -0.2) is 0 Å². The Labute approximate surface area is 85.8 Å². The second kappa shape index (κ2) is 5.32. The third kappa shape index (κ3) is 3.27. The van der Waals surface area contributed by atoms with Crippen LogP contribution in [0.4, 0.5) is 0 Å². The van der Waals surface area contributed by atoms with Gasteiger partial charge < -0.3 is 9.64 Å². The molecule has 1 atom stereocenters. The molecule has 1 heterocycles. The molecule has 0 aromatic carbocycles. The Morgan fingerprint density at radius 3 is 2.86 bits per heavy atom. The van der Waals surface area contributed by atoms with Crippen LogP contribution in [0.15, 0.2) is 0 Å². The zero-order chi connectivity index (χ0) is 10.6. The minimum atomic E-state index is 0.198. The number of likely N-dealkylation sites (N-methyl/N-ethyl adjacent to an activating group) is 1. The Balaban J connectivity index is 2.26. The molecule has 1 unspecified atom stereocenters. The summed E-state index contributed by atoms with van der Waals surface area (Å²) in [5.41, 5.74) is 0. The largest absolute Gasteiger partial charge is 0.378 e. The highest BCUT2D eigenvalue weighted by molar-refractivity contribution is 5.75. The van der Waals surface area contributed by atoms with Gasteiger partial charge >= 0.3 is 0 Å². The minimum absolute atomic E-state index is 0.198. The Bertz CT molecular complexity index is 195. The normalized spacial score (nSPS) is 23.5.